The van der Waals surface area contributed by atoms with Gasteiger partial charge in [0.2, 0.25) is 0 Å². The number of hydrogen-bond acceptors (Lipinski definition) is 4. The highest BCUT2D eigenvalue weighted by atomic mass is 32.2. The van der Waals surface area contributed by atoms with Crippen molar-refractivity contribution in [1.82, 2.24) is 4.98 Å². The number of rotatable bonds is 2. The van der Waals surface area contributed by atoms with Crippen LogP contribution in [0.1, 0.15) is 48.2 Å². The first kappa shape index (κ1) is 13.7. The molecule has 0 radical (unpaired) electrons. The maximum Gasteiger partial charge on any atom is 0.184 e. The topological polar surface area (TPSA) is 64.1 Å². The lowest BCUT2D eigenvalue weighted by molar-refractivity contribution is 0.0888. The van der Waals surface area contributed by atoms with E-state index in [1.807, 2.05) is 19.1 Å². The first-order chi connectivity index (χ1) is 9.50. The highest BCUT2D eigenvalue weighted by Gasteiger charge is 2.46. The molecule has 3 rings (SSSR count). The highest BCUT2D eigenvalue weighted by Crippen LogP contribution is 2.40. The van der Waals surface area contributed by atoms with Crippen molar-refractivity contribution < 1.29 is 13.2 Å². The van der Waals surface area contributed by atoms with Gasteiger partial charge in [-0.15, -0.1) is 0 Å². The number of nitrogens with zero attached hydrogens (tertiary/aromatic N) is 1. The summed E-state index contributed by atoms with van der Waals surface area (Å²) >= 11 is 0. The number of fused-ring (bicyclic) bond motifs is 2. The van der Waals surface area contributed by atoms with Crippen molar-refractivity contribution in [2.24, 2.45) is 5.92 Å². The summed E-state index contributed by atoms with van der Waals surface area (Å²) in [5, 5.41) is -0.624. The lowest BCUT2D eigenvalue weighted by atomic mass is 9.85. The number of carbonyl (C=O) groups is 1. The van der Waals surface area contributed by atoms with Crippen molar-refractivity contribution >= 4 is 15.6 Å². The molecule has 108 valence electrons. The predicted molar refractivity (Wildman–Crippen MR) is 76.4 cm³/mol. The van der Waals surface area contributed by atoms with Crippen LogP contribution < -0.4 is 0 Å². The maximum absolute atomic E-state index is 12.6. The molecule has 4 nitrogen and oxygen atoms in total. The lowest BCUT2D eigenvalue weighted by Gasteiger charge is -2.38. The van der Waals surface area contributed by atoms with Gasteiger partial charge in [0.1, 0.15) is 5.69 Å². The third-order valence-electron chi connectivity index (χ3n) is 4.69. The fourth-order valence-electron chi connectivity index (χ4n) is 3.56. The number of pyridine rings is 1. The van der Waals surface area contributed by atoms with Crippen LogP contribution in [0, 0.1) is 12.8 Å². The van der Waals surface area contributed by atoms with E-state index < -0.39 is 9.84 Å². The fourth-order valence-corrected chi connectivity index (χ4v) is 6.10. The molecule has 2 unspecified atom stereocenters. The number of ketones is 1. The summed E-state index contributed by atoms with van der Waals surface area (Å²) in [4.78, 5) is 16.8. The Morgan fingerprint density at radius 3 is 2.50 bits per heavy atom. The highest BCUT2D eigenvalue weighted by molar-refractivity contribution is 7.92. The summed E-state index contributed by atoms with van der Waals surface area (Å²) in [6.45, 7) is 1.88. The fraction of sp³-hybridized carbons (Fsp3) is 0.600. The van der Waals surface area contributed by atoms with E-state index in [0.29, 0.717) is 31.4 Å². The quantitative estimate of drug-likeness (QED) is 0.785. The van der Waals surface area contributed by atoms with E-state index >= 15 is 0 Å². The summed E-state index contributed by atoms with van der Waals surface area (Å²) in [7, 11) is -3.00. The first-order valence-electron chi connectivity index (χ1n) is 7.18. The Kier molecular flexibility index (Phi) is 3.40. The lowest BCUT2D eigenvalue weighted by Crippen LogP contribution is -2.45. The molecule has 0 N–H and O–H groups in total. The van der Waals surface area contributed by atoms with Crippen LogP contribution in [0.4, 0.5) is 0 Å². The second kappa shape index (κ2) is 4.95. The van der Waals surface area contributed by atoms with Gasteiger partial charge in [0.25, 0.3) is 0 Å². The van der Waals surface area contributed by atoms with E-state index in [0.717, 1.165) is 12.0 Å². The van der Waals surface area contributed by atoms with Crippen LogP contribution in [-0.2, 0) is 9.84 Å². The molecule has 0 aromatic carbocycles. The number of aryl methyl sites for hydroxylation is 1. The Labute approximate surface area is 119 Å². The number of carbonyl (C=O) groups excluding carboxylic acids is 1. The van der Waals surface area contributed by atoms with Crippen molar-refractivity contribution in [3.63, 3.8) is 0 Å². The molecule has 0 saturated carbocycles. The molecule has 2 bridgehead atoms. The second-order valence-corrected chi connectivity index (χ2v) is 8.48. The SMILES string of the molecule is Cc1cccnc1C(=O)C1CC2CCCC(C1)S2(=O)=O. The summed E-state index contributed by atoms with van der Waals surface area (Å²) in [5.74, 6) is -0.155. The monoisotopic (exact) mass is 293 g/mol. The summed E-state index contributed by atoms with van der Waals surface area (Å²) < 4.78 is 24.5. The van der Waals surface area contributed by atoms with Gasteiger partial charge in [-0.3, -0.25) is 9.78 Å². The standard InChI is InChI=1S/C15H19NO3S/c1-10-4-3-7-16-14(10)15(17)11-8-12-5-2-6-13(9-11)20(12,18)19/h3-4,7,11-13H,2,5-6,8-9H2,1H3. The van der Waals surface area contributed by atoms with Crippen LogP contribution in [0.2, 0.25) is 0 Å². The van der Waals surface area contributed by atoms with Gasteiger partial charge in [-0.1, -0.05) is 12.5 Å². The molecule has 2 fully saturated rings. The van der Waals surface area contributed by atoms with Crippen molar-refractivity contribution in [1.29, 1.82) is 0 Å². The summed E-state index contributed by atoms with van der Waals surface area (Å²) in [5.41, 5.74) is 1.38. The Bertz CT molecular complexity index is 618. The van der Waals surface area contributed by atoms with E-state index in [1.54, 1.807) is 6.20 Å². The largest absolute Gasteiger partial charge is 0.292 e. The summed E-state index contributed by atoms with van der Waals surface area (Å²) in [6.07, 6.45) is 4.98. The molecule has 2 saturated heterocycles. The minimum Gasteiger partial charge on any atom is -0.292 e. The van der Waals surface area contributed by atoms with Gasteiger partial charge in [0.15, 0.2) is 15.6 Å². The number of aromatic nitrogens is 1. The molecule has 20 heavy (non-hydrogen) atoms. The van der Waals surface area contributed by atoms with E-state index in [-0.39, 0.29) is 22.2 Å². The third kappa shape index (κ3) is 2.18. The third-order valence-corrected chi connectivity index (χ3v) is 7.40. The van der Waals surface area contributed by atoms with Gasteiger partial charge in [0.05, 0.1) is 10.5 Å². The van der Waals surface area contributed by atoms with Gasteiger partial charge in [-0.05, 0) is 44.2 Å². The number of sulfone groups is 1. The first-order valence-corrected chi connectivity index (χ1v) is 8.79. The van der Waals surface area contributed by atoms with E-state index in [1.165, 1.54) is 0 Å². The molecular formula is C15H19NO3S. The molecule has 2 aliphatic heterocycles. The van der Waals surface area contributed by atoms with E-state index in [4.69, 9.17) is 0 Å². The molecule has 3 heterocycles. The zero-order valence-corrected chi connectivity index (χ0v) is 12.4. The van der Waals surface area contributed by atoms with Gasteiger partial charge in [-0.25, -0.2) is 8.42 Å². The average Bonchev–Trinajstić information content (AvgIpc) is 2.37. The summed E-state index contributed by atoms with van der Waals surface area (Å²) in [6, 6.07) is 3.69. The number of Topliss-reactive ketones (excluding diaryl/α,β-unsaturated/α-hetero) is 1. The molecule has 5 heteroatoms. The smallest absolute Gasteiger partial charge is 0.184 e. The molecular weight excluding hydrogens is 274 g/mol. The maximum atomic E-state index is 12.6. The zero-order valence-electron chi connectivity index (χ0n) is 11.6. The van der Waals surface area contributed by atoms with Crippen molar-refractivity contribution in [2.75, 3.05) is 0 Å². The minimum atomic E-state index is -3.00. The second-order valence-electron chi connectivity index (χ2n) is 5.97. The van der Waals surface area contributed by atoms with Crippen LogP contribution in [-0.4, -0.2) is 29.7 Å². The van der Waals surface area contributed by atoms with E-state index in [2.05, 4.69) is 4.98 Å². The Morgan fingerprint density at radius 1 is 1.25 bits per heavy atom. The van der Waals surface area contributed by atoms with Crippen LogP contribution in [0.15, 0.2) is 18.3 Å². The zero-order chi connectivity index (χ0) is 14.3. The Balaban J connectivity index is 1.87. The van der Waals surface area contributed by atoms with Gasteiger partial charge in [0, 0.05) is 12.1 Å². The Hall–Kier alpha value is -1.23. The number of hydrogen-bond donors (Lipinski definition) is 0. The normalized spacial score (nSPS) is 31.8. The molecule has 1 aromatic heterocycles. The Morgan fingerprint density at radius 2 is 1.90 bits per heavy atom. The van der Waals surface area contributed by atoms with Crippen LogP contribution in [0.5, 0.6) is 0 Å². The predicted octanol–water partition coefficient (Wildman–Crippen LogP) is 2.32. The molecule has 0 aliphatic carbocycles. The van der Waals surface area contributed by atoms with Crippen molar-refractivity contribution in [2.45, 2.75) is 49.5 Å². The van der Waals surface area contributed by atoms with Gasteiger partial charge < -0.3 is 0 Å². The van der Waals surface area contributed by atoms with Crippen molar-refractivity contribution in [3.05, 3.63) is 29.6 Å². The van der Waals surface area contributed by atoms with Crippen molar-refractivity contribution in [3.8, 4) is 0 Å². The molecule has 1 aromatic rings. The van der Waals surface area contributed by atoms with Crippen LogP contribution in [0.3, 0.4) is 0 Å². The van der Waals surface area contributed by atoms with Gasteiger partial charge >= 0.3 is 0 Å². The van der Waals surface area contributed by atoms with Gasteiger partial charge in [-0.2, -0.15) is 0 Å². The molecule has 2 atom stereocenters. The van der Waals surface area contributed by atoms with Crippen LogP contribution >= 0.6 is 0 Å². The average molecular weight is 293 g/mol. The molecule has 0 amide bonds. The van der Waals surface area contributed by atoms with Crippen LogP contribution in [0.25, 0.3) is 0 Å². The molecule has 0 spiro atoms. The van der Waals surface area contributed by atoms with E-state index in [9.17, 15) is 13.2 Å². The minimum absolute atomic E-state index is 0.0231. The molecule has 2 aliphatic rings.